The average molecular weight is 301 g/mol. The molecule has 2 heterocycles. The van der Waals surface area contributed by atoms with Gasteiger partial charge >= 0.3 is 0 Å². The zero-order chi connectivity index (χ0) is 15.3. The zero-order valence-corrected chi connectivity index (χ0v) is 12.4. The van der Waals surface area contributed by atoms with Crippen LogP contribution in [0.4, 0.5) is 0 Å². The van der Waals surface area contributed by atoms with Gasteiger partial charge in [0, 0.05) is 12.1 Å². The van der Waals surface area contributed by atoms with Crippen LogP contribution in [0.5, 0.6) is 0 Å². The van der Waals surface area contributed by atoms with E-state index < -0.39 is 6.10 Å². The van der Waals surface area contributed by atoms with Gasteiger partial charge in [-0.1, -0.05) is 0 Å². The molecule has 3 atom stereocenters. The van der Waals surface area contributed by atoms with Crippen molar-refractivity contribution in [1.29, 1.82) is 0 Å². The molecule has 0 saturated heterocycles. The molecule has 4 rings (SSSR count). The molecule has 0 aromatic carbocycles. The second kappa shape index (κ2) is 4.98. The Balaban J connectivity index is 1.48. The molecule has 0 unspecified atom stereocenters. The monoisotopic (exact) mass is 301 g/mol. The second-order valence-corrected chi connectivity index (χ2v) is 6.34. The third-order valence-electron chi connectivity index (χ3n) is 4.54. The summed E-state index contributed by atoms with van der Waals surface area (Å²) in [6, 6.07) is 1.42. The maximum Gasteiger partial charge on any atom is 0.255 e. The largest absolute Gasteiger partial charge is 0.468 e. The first-order valence-electron chi connectivity index (χ1n) is 7.70. The molecule has 2 aliphatic carbocycles. The number of hydrogen-bond acceptors (Lipinski definition) is 4. The summed E-state index contributed by atoms with van der Waals surface area (Å²) < 4.78 is 7.19. The Morgan fingerprint density at radius 2 is 2.32 bits per heavy atom. The highest BCUT2D eigenvalue weighted by molar-refractivity contribution is 5.95. The fourth-order valence-corrected chi connectivity index (χ4v) is 3.13. The van der Waals surface area contributed by atoms with Gasteiger partial charge in [-0.25, -0.2) is 0 Å². The molecule has 0 radical (unpaired) electrons. The molecule has 2 N–H and O–H groups in total. The van der Waals surface area contributed by atoms with Crippen LogP contribution in [0.3, 0.4) is 0 Å². The number of carbonyl (C=O) groups is 1. The minimum absolute atomic E-state index is 0.108. The lowest BCUT2D eigenvalue weighted by atomic mass is 9.83. The fourth-order valence-electron chi connectivity index (χ4n) is 3.13. The molecule has 2 fully saturated rings. The number of aryl methyl sites for hydroxylation is 1. The van der Waals surface area contributed by atoms with Crippen molar-refractivity contribution >= 4 is 5.91 Å². The molecule has 116 valence electrons. The molecule has 2 aromatic heterocycles. The zero-order valence-electron chi connectivity index (χ0n) is 12.4. The Morgan fingerprint density at radius 1 is 1.50 bits per heavy atom. The van der Waals surface area contributed by atoms with Crippen molar-refractivity contribution in [1.82, 2.24) is 15.1 Å². The van der Waals surface area contributed by atoms with E-state index in [-0.39, 0.29) is 18.0 Å². The number of aliphatic hydroxyl groups excluding tert-OH is 1. The van der Waals surface area contributed by atoms with Crippen LogP contribution in [-0.4, -0.2) is 32.9 Å². The summed E-state index contributed by atoms with van der Waals surface area (Å²) in [6.45, 7) is 1.95. The van der Waals surface area contributed by atoms with Crippen LogP contribution in [0.2, 0.25) is 0 Å². The maximum atomic E-state index is 12.5. The van der Waals surface area contributed by atoms with Gasteiger partial charge < -0.3 is 14.8 Å². The molecule has 2 aliphatic rings. The summed E-state index contributed by atoms with van der Waals surface area (Å²) >= 11 is 0. The smallest absolute Gasteiger partial charge is 0.255 e. The van der Waals surface area contributed by atoms with Crippen molar-refractivity contribution in [2.24, 2.45) is 0 Å². The standard InChI is InChI=1S/C16H19N3O3/c1-9-7-17-19(8-9)14-12(6-13(14)20)18-16(21)11-4-5-22-15(11)10-2-3-10/h4-5,7-8,10,12-14,20H,2-3,6H2,1H3,(H,18,21)/t12-,13+,14+/m0/s1. The molecule has 0 bridgehead atoms. The normalized spacial score (nSPS) is 27.5. The molecule has 6 nitrogen and oxygen atoms in total. The Labute approximate surface area is 128 Å². The molecule has 6 heteroatoms. The summed E-state index contributed by atoms with van der Waals surface area (Å²) in [5.74, 6) is 1.07. The van der Waals surface area contributed by atoms with Crippen LogP contribution in [0.15, 0.2) is 29.1 Å². The van der Waals surface area contributed by atoms with E-state index in [9.17, 15) is 9.90 Å². The Kier molecular flexibility index (Phi) is 3.07. The number of amides is 1. The predicted octanol–water partition coefficient (Wildman–Crippen LogP) is 1.77. The van der Waals surface area contributed by atoms with Crippen LogP contribution in [0.1, 0.15) is 52.9 Å². The van der Waals surface area contributed by atoms with Crippen LogP contribution in [0, 0.1) is 6.92 Å². The van der Waals surface area contributed by atoms with Crippen molar-refractivity contribution in [3.05, 3.63) is 41.6 Å². The van der Waals surface area contributed by atoms with Crippen LogP contribution in [0.25, 0.3) is 0 Å². The number of hydrogen-bond donors (Lipinski definition) is 2. The number of furan rings is 1. The minimum Gasteiger partial charge on any atom is -0.468 e. The lowest BCUT2D eigenvalue weighted by Crippen LogP contribution is -2.56. The molecule has 22 heavy (non-hydrogen) atoms. The van der Waals surface area contributed by atoms with Crippen molar-refractivity contribution in [2.45, 2.75) is 50.3 Å². The van der Waals surface area contributed by atoms with E-state index in [4.69, 9.17) is 4.42 Å². The van der Waals surface area contributed by atoms with Crippen LogP contribution >= 0.6 is 0 Å². The van der Waals surface area contributed by atoms with Crippen molar-refractivity contribution in [3.8, 4) is 0 Å². The van der Waals surface area contributed by atoms with Crippen molar-refractivity contribution in [3.63, 3.8) is 0 Å². The van der Waals surface area contributed by atoms with Crippen LogP contribution < -0.4 is 5.32 Å². The second-order valence-electron chi connectivity index (χ2n) is 6.34. The fraction of sp³-hybridized carbons (Fsp3) is 0.500. The highest BCUT2D eigenvalue weighted by atomic mass is 16.3. The lowest BCUT2D eigenvalue weighted by molar-refractivity contribution is -0.00592. The van der Waals surface area contributed by atoms with Gasteiger partial charge in [0.25, 0.3) is 5.91 Å². The van der Waals surface area contributed by atoms with Gasteiger partial charge in [-0.3, -0.25) is 9.48 Å². The highest BCUT2D eigenvalue weighted by Crippen LogP contribution is 2.42. The van der Waals surface area contributed by atoms with E-state index in [1.54, 1.807) is 23.2 Å². The highest BCUT2D eigenvalue weighted by Gasteiger charge is 2.43. The molecular weight excluding hydrogens is 282 g/mol. The van der Waals surface area contributed by atoms with Gasteiger partial charge in [-0.2, -0.15) is 5.10 Å². The summed E-state index contributed by atoms with van der Waals surface area (Å²) in [7, 11) is 0. The van der Waals surface area contributed by atoms with E-state index in [0.29, 0.717) is 17.9 Å². The van der Waals surface area contributed by atoms with Gasteiger partial charge in [0.05, 0.1) is 36.2 Å². The Morgan fingerprint density at radius 3 is 2.95 bits per heavy atom. The topological polar surface area (TPSA) is 80.3 Å². The van der Waals surface area contributed by atoms with Gasteiger partial charge in [-0.05, 0) is 37.8 Å². The van der Waals surface area contributed by atoms with Gasteiger partial charge in [0.1, 0.15) is 5.76 Å². The van der Waals surface area contributed by atoms with E-state index >= 15 is 0 Å². The van der Waals surface area contributed by atoms with E-state index in [1.165, 1.54) is 0 Å². The maximum absolute atomic E-state index is 12.5. The van der Waals surface area contributed by atoms with Gasteiger partial charge in [0.2, 0.25) is 0 Å². The first kappa shape index (κ1) is 13.6. The third-order valence-corrected chi connectivity index (χ3v) is 4.54. The van der Waals surface area contributed by atoms with Gasteiger partial charge in [-0.15, -0.1) is 0 Å². The molecule has 1 amide bonds. The number of rotatable bonds is 4. The molecule has 0 aliphatic heterocycles. The van der Waals surface area contributed by atoms with E-state index in [1.807, 2.05) is 13.1 Å². The molecular formula is C16H19N3O3. The molecule has 2 aromatic rings. The number of aliphatic hydroxyl groups is 1. The minimum atomic E-state index is -0.475. The van der Waals surface area contributed by atoms with E-state index in [0.717, 1.165) is 24.2 Å². The summed E-state index contributed by atoms with van der Waals surface area (Å²) in [5, 5.41) is 17.3. The Bertz CT molecular complexity index is 701. The van der Waals surface area contributed by atoms with Crippen molar-refractivity contribution < 1.29 is 14.3 Å². The molecule has 0 spiro atoms. The summed E-state index contributed by atoms with van der Waals surface area (Å²) in [6.07, 6.45) is 7.47. The first-order chi connectivity index (χ1) is 10.6. The Hall–Kier alpha value is -2.08. The SMILES string of the molecule is Cc1cnn([C@H]2[C@H](O)C[C@@H]2NC(=O)c2ccoc2C2CC2)c1. The molecule has 2 saturated carbocycles. The number of carbonyl (C=O) groups excluding carboxylic acids is 1. The number of aromatic nitrogens is 2. The first-order valence-corrected chi connectivity index (χ1v) is 7.70. The van der Waals surface area contributed by atoms with Crippen molar-refractivity contribution in [2.75, 3.05) is 0 Å². The number of nitrogens with zero attached hydrogens (tertiary/aromatic N) is 2. The average Bonchev–Trinajstić information content (AvgIpc) is 3.05. The summed E-state index contributed by atoms with van der Waals surface area (Å²) in [4.78, 5) is 12.5. The third kappa shape index (κ3) is 2.23. The lowest BCUT2D eigenvalue weighted by Gasteiger charge is -2.41. The van der Waals surface area contributed by atoms with E-state index in [2.05, 4.69) is 10.4 Å². The summed E-state index contributed by atoms with van der Waals surface area (Å²) in [5.41, 5.74) is 1.66. The van der Waals surface area contributed by atoms with Crippen LogP contribution in [-0.2, 0) is 0 Å². The predicted molar refractivity (Wildman–Crippen MR) is 78.6 cm³/mol. The van der Waals surface area contributed by atoms with Gasteiger partial charge in [0.15, 0.2) is 0 Å². The quantitative estimate of drug-likeness (QED) is 0.902. The number of nitrogens with one attached hydrogen (secondary N) is 1.